The first-order valence-electron chi connectivity index (χ1n) is 8.64. The summed E-state index contributed by atoms with van der Waals surface area (Å²) in [6, 6.07) is 19.9. The van der Waals surface area contributed by atoms with Crippen LogP contribution in [0.15, 0.2) is 78.0 Å². The molecule has 0 saturated carbocycles. The van der Waals surface area contributed by atoms with Crippen molar-refractivity contribution in [1.29, 1.82) is 0 Å². The number of nitrogens with zero attached hydrogens (tertiary/aromatic N) is 2. The summed E-state index contributed by atoms with van der Waals surface area (Å²) in [5, 5.41) is 2.85. The highest BCUT2D eigenvalue weighted by Crippen LogP contribution is 2.35. The zero-order valence-electron chi connectivity index (χ0n) is 14.3. The Kier molecular flexibility index (Phi) is 4.88. The minimum Gasteiger partial charge on any atom is -0.321 e. The van der Waals surface area contributed by atoms with Gasteiger partial charge in [0, 0.05) is 23.2 Å². The molecule has 4 nitrogen and oxygen atoms in total. The van der Waals surface area contributed by atoms with Crippen LogP contribution in [-0.2, 0) is 6.42 Å². The van der Waals surface area contributed by atoms with Crippen LogP contribution in [0.4, 0.5) is 11.4 Å². The van der Waals surface area contributed by atoms with Gasteiger partial charge in [0.25, 0.3) is 5.91 Å². The van der Waals surface area contributed by atoms with Gasteiger partial charge in [0.15, 0.2) is 0 Å². The molecule has 0 aliphatic carbocycles. The van der Waals surface area contributed by atoms with Gasteiger partial charge in [-0.3, -0.25) is 9.78 Å². The number of aromatic nitrogens is 1. The van der Waals surface area contributed by atoms with Crippen molar-refractivity contribution in [2.45, 2.75) is 17.7 Å². The molecule has 0 fully saturated rings. The summed E-state index contributed by atoms with van der Waals surface area (Å²) in [5.41, 5.74) is 4.03. The third-order valence-electron chi connectivity index (χ3n) is 4.32. The van der Waals surface area contributed by atoms with E-state index in [9.17, 15) is 4.79 Å². The fourth-order valence-corrected chi connectivity index (χ4v) is 4.04. The highest BCUT2D eigenvalue weighted by Gasteiger charge is 2.17. The van der Waals surface area contributed by atoms with Crippen LogP contribution in [0.2, 0.25) is 0 Å². The molecule has 1 N–H and O–H groups in total. The highest BCUT2D eigenvalue weighted by atomic mass is 32.2. The summed E-state index contributed by atoms with van der Waals surface area (Å²) < 4.78 is 2.34. The summed E-state index contributed by atoms with van der Waals surface area (Å²) >= 11 is 1.72. The maximum Gasteiger partial charge on any atom is 0.255 e. The van der Waals surface area contributed by atoms with Crippen LogP contribution in [0, 0.1) is 0 Å². The van der Waals surface area contributed by atoms with Gasteiger partial charge in [-0.25, -0.2) is 0 Å². The van der Waals surface area contributed by atoms with E-state index in [2.05, 4.69) is 38.9 Å². The lowest BCUT2D eigenvalue weighted by molar-refractivity contribution is 0.102. The molecule has 0 atom stereocenters. The van der Waals surface area contributed by atoms with Gasteiger partial charge in [-0.2, -0.15) is 0 Å². The van der Waals surface area contributed by atoms with Crippen molar-refractivity contribution in [2.75, 3.05) is 16.2 Å². The zero-order chi connectivity index (χ0) is 17.8. The van der Waals surface area contributed by atoms with E-state index >= 15 is 0 Å². The molecule has 0 unspecified atom stereocenters. The standard InChI is InChI=1S/C21H19N3OS/c25-21(23-18-7-3-13-22-15-18)17-9-11-19(12-10-17)26-24-14-4-6-16-5-1-2-8-20(16)24/h1-3,5,7-13,15H,4,6,14H2,(H,23,25). The molecular weight excluding hydrogens is 342 g/mol. The number of nitrogens with one attached hydrogen (secondary N) is 1. The largest absolute Gasteiger partial charge is 0.321 e. The van der Waals surface area contributed by atoms with Gasteiger partial charge in [0.05, 0.1) is 17.6 Å². The molecule has 130 valence electrons. The van der Waals surface area contributed by atoms with E-state index in [0.717, 1.165) is 24.3 Å². The molecule has 26 heavy (non-hydrogen) atoms. The van der Waals surface area contributed by atoms with Crippen LogP contribution in [0.1, 0.15) is 22.3 Å². The number of amides is 1. The molecular formula is C21H19N3OS. The third kappa shape index (κ3) is 3.73. The van der Waals surface area contributed by atoms with Crippen LogP contribution in [-0.4, -0.2) is 17.4 Å². The first kappa shape index (κ1) is 16.7. The van der Waals surface area contributed by atoms with Crippen molar-refractivity contribution >= 4 is 29.2 Å². The maximum atomic E-state index is 12.3. The average Bonchev–Trinajstić information content (AvgIpc) is 2.70. The second kappa shape index (κ2) is 7.62. The van der Waals surface area contributed by atoms with Gasteiger partial charge in [-0.1, -0.05) is 18.2 Å². The lowest BCUT2D eigenvalue weighted by Crippen LogP contribution is -2.22. The Balaban J connectivity index is 1.45. The van der Waals surface area contributed by atoms with Gasteiger partial charge in [0.2, 0.25) is 0 Å². The van der Waals surface area contributed by atoms with Crippen LogP contribution in [0.5, 0.6) is 0 Å². The monoisotopic (exact) mass is 361 g/mol. The predicted molar refractivity (Wildman–Crippen MR) is 107 cm³/mol. The first-order valence-corrected chi connectivity index (χ1v) is 9.42. The van der Waals surface area contributed by atoms with Crippen LogP contribution in [0.3, 0.4) is 0 Å². The van der Waals surface area contributed by atoms with Crippen molar-refractivity contribution in [3.63, 3.8) is 0 Å². The zero-order valence-corrected chi connectivity index (χ0v) is 15.1. The van der Waals surface area contributed by atoms with Crippen molar-refractivity contribution in [2.24, 2.45) is 0 Å². The molecule has 5 heteroatoms. The van der Waals surface area contributed by atoms with Gasteiger partial charge >= 0.3 is 0 Å². The summed E-state index contributed by atoms with van der Waals surface area (Å²) in [6.07, 6.45) is 5.62. The van der Waals surface area contributed by atoms with Crippen molar-refractivity contribution in [3.8, 4) is 0 Å². The Morgan fingerprint density at radius 1 is 1.04 bits per heavy atom. The smallest absolute Gasteiger partial charge is 0.255 e. The Morgan fingerprint density at radius 3 is 2.69 bits per heavy atom. The van der Waals surface area contributed by atoms with E-state index in [0.29, 0.717) is 11.3 Å². The minimum absolute atomic E-state index is 0.127. The molecule has 0 saturated heterocycles. The second-order valence-electron chi connectivity index (χ2n) is 6.15. The molecule has 0 bridgehead atoms. The maximum absolute atomic E-state index is 12.3. The number of rotatable bonds is 4. The van der Waals surface area contributed by atoms with E-state index in [1.807, 2.05) is 30.3 Å². The topological polar surface area (TPSA) is 45.2 Å². The van der Waals surface area contributed by atoms with Gasteiger partial charge in [0.1, 0.15) is 0 Å². The van der Waals surface area contributed by atoms with E-state index in [4.69, 9.17) is 0 Å². The SMILES string of the molecule is O=C(Nc1cccnc1)c1ccc(SN2CCCc3ccccc32)cc1. The van der Waals surface area contributed by atoms with Crippen LogP contribution in [0.25, 0.3) is 0 Å². The Morgan fingerprint density at radius 2 is 1.88 bits per heavy atom. The fraction of sp³-hybridized carbons (Fsp3) is 0.143. The number of fused-ring (bicyclic) bond motifs is 1. The van der Waals surface area contributed by atoms with Crippen molar-refractivity contribution < 1.29 is 4.79 Å². The molecule has 0 spiro atoms. The van der Waals surface area contributed by atoms with E-state index < -0.39 is 0 Å². The van der Waals surface area contributed by atoms with Crippen LogP contribution >= 0.6 is 11.9 Å². The first-order chi connectivity index (χ1) is 12.8. The number of para-hydroxylation sites is 1. The predicted octanol–water partition coefficient (Wildman–Crippen LogP) is 4.79. The number of pyridine rings is 1. The molecule has 1 aromatic heterocycles. The third-order valence-corrected chi connectivity index (χ3v) is 5.40. The van der Waals surface area contributed by atoms with E-state index in [1.54, 1.807) is 30.4 Å². The van der Waals surface area contributed by atoms with Crippen molar-refractivity contribution in [3.05, 3.63) is 84.2 Å². The molecule has 3 aromatic rings. The number of aryl methyl sites for hydroxylation is 1. The molecule has 1 aliphatic rings. The number of hydrogen-bond donors (Lipinski definition) is 1. The van der Waals surface area contributed by atoms with Gasteiger partial charge < -0.3 is 9.62 Å². The number of benzene rings is 2. The van der Waals surface area contributed by atoms with E-state index in [-0.39, 0.29) is 5.91 Å². The van der Waals surface area contributed by atoms with E-state index in [1.165, 1.54) is 11.3 Å². The molecule has 2 heterocycles. The normalized spacial score (nSPS) is 13.2. The number of carbonyl (C=O) groups is 1. The summed E-state index contributed by atoms with van der Waals surface area (Å²) in [5.74, 6) is -0.127. The van der Waals surface area contributed by atoms with Crippen molar-refractivity contribution in [1.82, 2.24) is 4.98 Å². The minimum atomic E-state index is -0.127. The summed E-state index contributed by atoms with van der Waals surface area (Å²) in [4.78, 5) is 17.5. The number of carbonyl (C=O) groups excluding carboxylic acids is 1. The summed E-state index contributed by atoms with van der Waals surface area (Å²) in [7, 11) is 0. The number of anilines is 2. The Bertz CT molecular complexity index is 897. The van der Waals surface area contributed by atoms with Crippen LogP contribution < -0.4 is 9.62 Å². The lowest BCUT2D eigenvalue weighted by Gasteiger charge is -2.29. The Hall–Kier alpha value is -2.79. The molecule has 1 aliphatic heterocycles. The fourth-order valence-electron chi connectivity index (χ4n) is 3.03. The average molecular weight is 361 g/mol. The summed E-state index contributed by atoms with van der Waals surface area (Å²) in [6.45, 7) is 1.03. The Labute approximate surface area is 157 Å². The van der Waals surface area contributed by atoms with Gasteiger partial charge in [-0.15, -0.1) is 0 Å². The lowest BCUT2D eigenvalue weighted by atomic mass is 10.0. The van der Waals surface area contributed by atoms with Gasteiger partial charge in [-0.05, 0) is 72.8 Å². The quantitative estimate of drug-likeness (QED) is 0.679. The highest BCUT2D eigenvalue weighted by molar-refractivity contribution is 8.00. The molecule has 1 amide bonds. The number of hydrogen-bond acceptors (Lipinski definition) is 4. The second-order valence-corrected chi connectivity index (χ2v) is 7.24. The molecule has 2 aromatic carbocycles. The molecule has 0 radical (unpaired) electrons. The molecule has 4 rings (SSSR count).